The average Bonchev–Trinajstić information content (AvgIpc) is 2.75. The fraction of sp³-hybridized carbons (Fsp3) is 0.667. The van der Waals surface area contributed by atoms with Crippen LogP contribution in [0.3, 0.4) is 0 Å². The molecule has 1 fully saturated rings. The summed E-state index contributed by atoms with van der Waals surface area (Å²) in [5, 5.41) is 4.21. The zero-order valence-corrected chi connectivity index (χ0v) is 11.0. The molecular weight excluding hydrogens is 230 g/mol. The predicted molar refractivity (Wildman–Crippen MR) is 70.4 cm³/mol. The second-order valence-corrected chi connectivity index (χ2v) is 4.65. The highest BCUT2D eigenvalue weighted by atomic mass is 16.5. The van der Waals surface area contributed by atoms with E-state index < -0.39 is 0 Å². The normalized spacial score (nSPS) is 21.3. The summed E-state index contributed by atoms with van der Waals surface area (Å²) in [5.41, 5.74) is 7.13. The van der Waals surface area contributed by atoms with Crippen LogP contribution < -0.4 is 5.73 Å². The Hall–Kier alpha value is -1.56. The molecule has 18 heavy (non-hydrogen) atoms. The van der Waals surface area contributed by atoms with E-state index in [1.54, 1.807) is 0 Å². The second kappa shape index (κ2) is 5.86. The Bertz CT molecular complexity index is 414. The monoisotopic (exact) mass is 251 g/mol. The molecule has 0 radical (unpaired) electrons. The number of morpholine rings is 1. The Balaban J connectivity index is 1.81. The first-order valence-electron chi connectivity index (χ1n) is 6.30. The van der Waals surface area contributed by atoms with Crippen LogP contribution >= 0.6 is 0 Å². The molecular formula is C12H21N5O. The standard InChI is InChI=1S/C12H21N5O/c1-10-7-15-17(8-10)4-3-14-12(13)16-5-6-18-11(2)9-16/h7-8,11H,3-6,9H2,1-2H3,(H2,13,14). The maximum atomic E-state index is 5.97. The van der Waals surface area contributed by atoms with Gasteiger partial charge in [-0.3, -0.25) is 9.67 Å². The molecule has 2 rings (SSSR count). The third kappa shape index (κ3) is 3.46. The summed E-state index contributed by atoms with van der Waals surface area (Å²) in [7, 11) is 0. The molecule has 6 nitrogen and oxygen atoms in total. The number of nitrogens with zero attached hydrogens (tertiary/aromatic N) is 4. The first-order chi connectivity index (χ1) is 8.65. The molecule has 100 valence electrons. The van der Waals surface area contributed by atoms with Crippen molar-refractivity contribution in [2.75, 3.05) is 26.2 Å². The lowest BCUT2D eigenvalue weighted by Crippen LogP contribution is -2.48. The first-order valence-corrected chi connectivity index (χ1v) is 6.30. The van der Waals surface area contributed by atoms with E-state index in [9.17, 15) is 0 Å². The van der Waals surface area contributed by atoms with E-state index in [4.69, 9.17) is 10.5 Å². The van der Waals surface area contributed by atoms with Crippen LogP contribution in [-0.2, 0) is 11.3 Å². The molecule has 0 saturated carbocycles. The molecule has 2 heterocycles. The van der Waals surface area contributed by atoms with Crippen molar-refractivity contribution < 1.29 is 4.74 Å². The second-order valence-electron chi connectivity index (χ2n) is 4.65. The summed E-state index contributed by atoms with van der Waals surface area (Å²) in [4.78, 5) is 6.46. The van der Waals surface area contributed by atoms with Crippen LogP contribution in [-0.4, -0.2) is 53.0 Å². The Kier molecular flexibility index (Phi) is 4.19. The fourth-order valence-electron chi connectivity index (χ4n) is 1.98. The Morgan fingerprint density at radius 1 is 1.67 bits per heavy atom. The third-order valence-corrected chi connectivity index (χ3v) is 2.93. The minimum atomic E-state index is 0.223. The quantitative estimate of drug-likeness (QED) is 0.616. The van der Waals surface area contributed by atoms with Crippen molar-refractivity contribution in [3.8, 4) is 0 Å². The molecule has 2 N–H and O–H groups in total. The topological polar surface area (TPSA) is 68.7 Å². The average molecular weight is 251 g/mol. The number of aromatic nitrogens is 2. The van der Waals surface area contributed by atoms with Crippen molar-refractivity contribution in [3.05, 3.63) is 18.0 Å². The van der Waals surface area contributed by atoms with Gasteiger partial charge in [-0.25, -0.2) is 0 Å². The van der Waals surface area contributed by atoms with E-state index in [1.165, 1.54) is 0 Å². The molecule has 1 aliphatic rings. The molecule has 0 bridgehead atoms. The third-order valence-electron chi connectivity index (χ3n) is 2.93. The van der Waals surface area contributed by atoms with Crippen molar-refractivity contribution in [1.29, 1.82) is 0 Å². The van der Waals surface area contributed by atoms with Gasteiger partial charge in [0.2, 0.25) is 0 Å². The summed E-state index contributed by atoms with van der Waals surface area (Å²) >= 11 is 0. The number of hydrogen-bond acceptors (Lipinski definition) is 3. The Labute approximate surface area is 107 Å². The van der Waals surface area contributed by atoms with Crippen molar-refractivity contribution in [1.82, 2.24) is 14.7 Å². The van der Waals surface area contributed by atoms with Gasteiger partial charge in [-0.1, -0.05) is 0 Å². The molecule has 1 aromatic heterocycles. The van der Waals surface area contributed by atoms with Crippen molar-refractivity contribution in [2.24, 2.45) is 10.7 Å². The number of rotatable bonds is 3. The van der Waals surface area contributed by atoms with Gasteiger partial charge in [0.05, 0.1) is 32.0 Å². The van der Waals surface area contributed by atoms with Crippen LogP contribution in [0.4, 0.5) is 0 Å². The predicted octanol–water partition coefficient (Wildman–Crippen LogP) is 0.227. The van der Waals surface area contributed by atoms with E-state index in [2.05, 4.69) is 15.0 Å². The van der Waals surface area contributed by atoms with Gasteiger partial charge in [-0.15, -0.1) is 0 Å². The summed E-state index contributed by atoms with van der Waals surface area (Å²) < 4.78 is 7.35. The number of aryl methyl sites for hydroxylation is 1. The maximum absolute atomic E-state index is 5.97. The number of ether oxygens (including phenoxy) is 1. The molecule has 1 aliphatic heterocycles. The van der Waals surface area contributed by atoms with Crippen LogP contribution in [0, 0.1) is 6.92 Å². The van der Waals surface area contributed by atoms with Gasteiger partial charge >= 0.3 is 0 Å². The van der Waals surface area contributed by atoms with E-state index in [1.807, 2.05) is 30.9 Å². The lowest BCUT2D eigenvalue weighted by Gasteiger charge is -2.31. The molecule has 0 aliphatic carbocycles. The molecule has 1 saturated heterocycles. The highest BCUT2D eigenvalue weighted by Gasteiger charge is 2.17. The van der Waals surface area contributed by atoms with Crippen LogP contribution in [0.1, 0.15) is 12.5 Å². The highest BCUT2D eigenvalue weighted by Crippen LogP contribution is 2.03. The molecule has 1 aromatic rings. The van der Waals surface area contributed by atoms with Crippen LogP contribution in [0.5, 0.6) is 0 Å². The van der Waals surface area contributed by atoms with Crippen LogP contribution in [0.15, 0.2) is 17.4 Å². The molecule has 0 amide bonds. The van der Waals surface area contributed by atoms with E-state index in [-0.39, 0.29) is 6.10 Å². The van der Waals surface area contributed by atoms with Crippen LogP contribution in [0.2, 0.25) is 0 Å². The molecule has 1 unspecified atom stereocenters. The summed E-state index contributed by atoms with van der Waals surface area (Å²) in [6, 6.07) is 0. The zero-order chi connectivity index (χ0) is 13.0. The van der Waals surface area contributed by atoms with Crippen LogP contribution in [0.25, 0.3) is 0 Å². The molecule has 6 heteroatoms. The molecule has 1 atom stereocenters. The van der Waals surface area contributed by atoms with E-state index >= 15 is 0 Å². The Morgan fingerprint density at radius 3 is 3.17 bits per heavy atom. The van der Waals surface area contributed by atoms with Gasteiger partial charge in [0.15, 0.2) is 5.96 Å². The number of guanidine groups is 1. The zero-order valence-electron chi connectivity index (χ0n) is 11.0. The van der Waals surface area contributed by atoms with Gasteiger partial charge < -0.3 is 15.4 Å². The number of hydrogen-bond donors (Lipinski definition) is 1. The minimum Gasteiger partial charge on any atom is -0.375 e. The van der Waals surface area contributed by atoms with Crippen molar-refractivity contribution in [2.45, 2.75) is 26.5 Å². The lowest BCUT2D eigenvalue weighted by atomic mass is 10.3. The van der Waals surface area contributed by atoms with Crippen molar-refractivity contribution in [3.63, 3.8) is 0 Å². The smallest absolute Gasteiger partial charge is 0.191 e. The van der Waals surface area contributed by atoms with Gasteiger partial charge in [-0.05, 0) is 19.4 Å². The lowest BCUT2D eigenvalue weighted by molar-refractivity contribution is 0.00529. The van der Waals surface area contributed by atoms with E-state index in [0.29, 0.717) is 12.5 Å². The van der Waals surface area contributed by atoms with Gasteiger partial charge in [0.25, 0.3) is 0 Å². The van der Waals surface area contributed by atoms with Crippen molar-refractivity contribution >= 4 is 5.96 Å². The number of aliphatic imine (C=N–C) groups is 1. The SMILES string of the molecule is Cc1cnn(CCN=C(N)N2CCOC(C)C2)c1. The summed E-state index contributed by atoms with van der Waals surface area (Å²) in [6.45, 7) is 7.84. The molecule has 0 aromatic carbocycles. The van der Waals surface area contributed by atoms with E-state index in [0.717, 1.165) is 31.8 Å². The first kappa shape index (κ1) is 12.9. The number of nitrogens with two attached hydrogens (primary N) is 1. The highest BCUT2D eigenvalue weighted by molar-refractivity contribution is 5.78. The fourth-order valence-corrected chi connectivity index (χ4v) is 1.98. The summed E-state index contributed by atoms with van der Waals surface area (Å²) in [6.07, 6.45) is 4.07. The Morgan fingerprint density at radius 2 is 2.50 bits per heavy atom. The minimum absolute atomic E-state index is 0.223. The molecule has 0 spiro atoms. The largest absolute Gasteiger partial charge is 0.375 e. The maximum Gasteiger partial charge on any atom is 0.191 e. The van der Waals surface area contributed by atoms with Gasteiger partial charge in [0.1, 0.15) is 0 Å². The summed E-state index contributed by atoms with van der Waals surface area (Å²) in [5.74, 6) is 0.606. The van der Waals surface area contributed by atoms with Gasteiger partial charge in [-0.2, -0.15) is 5.10 Å². The van der Waals surface area contributed by atoms with Gasteiger partial charge in [0, 0.05) is 19.3 Å².